The molecule has 84 valence electrons. The largest absolute Gasteiger partial charge is 0.327 e. The third kappa shape index (κ3) is 1.66. The van der Waals surface area contributed by atoms with Crippen molar-refractivity contribution in [3.63, 3.8) is 0 Å². The minimum Gasteiger partial charge on any atom is -0.327 e. The van der Waals surface area contributed by atoms with E-state index in [2.05, 4.69) is 0 Å². The van der Waals surface area contributed by atoms with Gasteiger partial charge in [-0.25, -0.2) is 0 Å². The van der Waals surface area contributed by atoms with E-state index in [0.29, 0.717) is 6.67 Å². The van der Waals surface area contributed by atoms with Gasteiger partial charge in [-0.3, -0.25) is 9.59 Å². The van der Waals surface area contributed by atoms with Gasteiger partial charge < -0.3 is 9.80 Å². The standard InChI is InChI=1S/C12H14N2O2/c1-13-8-14(2)12(16)10(11(13)15)9-6-4-3-5-7-9/h3-7,10H,8H2,1-2H3. The van der Waals surface area contributed by atoms with Crippen molar-refractivity contribution in [2.45, 2.75) is 5.92 Å². The average molecular weight is 218 g/mol. The highest BCUT2D eigenvalue weighted by molar-refractivity contribution is 6.07. The molecule has 0 unspecified atom stereocenters. The lowest BCUT2D eigenvalue weighted by molar-refractivity contribution is -0.151. The second-order valence-electron chi connectivity index (χ2n) is 4.06. The molecule has 0 aliphatic carbocycles. The van der Waals surface area contributed by atoms with Gasteiger partial charge in [-0.2, -0.15) is 0 Å². The fourth-order valence-corrected chi connectivity index (χ4v) is 1.93. The summed E-state index contributed by atoms with van der Waals surface area (Å²) in [6, 6.07) is 9.17. The van der Waals surface area contributed by atoms with Crippen molar-refractivity contribution in [2.24, 2.45) is 0 Å². The molecular weight excluding hydrogens is 204 g/mol. The lowest BCUT2D eigenvalue weighted by atomic mass is 9.95. The average Bonchev–Trinajstić information content (AvgIpc) is 2.28. The Kier molecular flexibility index (Phi) is 2.64. The summed E-state index contributed by atoms with van der Waals surface area (Å²) in [4.78, 5) is 27.1. The van der Waals surface area contributed by atoms with Gasteiger partial charge >= 0.3 is 0 Å². The maximum absolute atomic E-state index is 12.0. The molecule has 0 bridgehead atoms. The zero-order valence-electron chi connectivity index (χ0n) is 9.38. The zero-order chi connectivity index (χ0) is 11.7. The normalized spacial score (nSPS) is 18.1. The van der Waals surface area contributed by atoms with Gasteiger partial charge in [0.05, 0.1) is 6.67 Å². The van der Waals surface area contributed by atoms with E-state index >= 15 is 0 Å². The summed E-state index contributed by atoms with van der Waals surface area (Å²) < 4.78 is 0. The highest BCUT2D eigenvalue weighted by Gasteiger charge is 2.37. The van der Waals surface area contributed by atoms with Crippen molar-refractivity contribution in [3.8, 4) is 0 Å². The van der Waals surface area contributed by atoms with Gasteiger partial charge in [0, 0.05) is 14.1 Å². The van der Waals surface area contributed by atoms with Crippen LogP contribution >= 0.6 is 0 Å². The number of nitrogens with zero attached hydrogens (tertiary/aromatic N) is 2. The molecule has 1 aliphatic heterocycles. The number of rotatable bonds is 1. The van der Waals surface area contributed by atoms with Crippen molar-refractivity contribution < 1.29 is 9.59 Å². The lowest BCUT2D eigenvalue weighted by Crippen LogP contribution is -2.52. The molecule has 1 fully saturated rings. The van der Waals surface area contributed by atoms with E-state index in [9.17, 15) is 9.59 Å². The fourth-order valence-electron chi connectivity index (χ4n) is 1.93. The molecule has 0 aromatic heterocycles. The Bertz CT molecular complexity index is 396. The molecule has 0 N–H and O–H groups in total. The van der Waals surface area contributed by atoms with E-state index in [1.807, 2.05) is 30.3 Å². The summed E-state index contributed by atoms with van der Waals surface area (Å²) in [5.41, 5.74) is 0.760. The molecular formula is C12H14N2O2. The maximum Gasteiger partial charge on any atom is 0.240 e. The summed E-state index contributed by atoms with van der Waals surface area (Å²) in [5.74, 6) is -0.937. The van der Waals surface area contributed by atoms with Gasteiger partial charge in [0.1, 0.15) is 5.92 Å². The van der Waals surface area contributed by atoms with Crippen LogP contribution in [0.4, 0.5) is 0 Å². The van der Waals surface area contributed by atoms with Crippen LogP contribution in [-0.4, -0.2) is 42.4 Å². The topological polar surface area (TPSA) is 40.6 Å². The van der Waals surface area contributed by atoms with Crippen LogP contribution < -0.4 is 0 Å². The SMILES string of the molecule is CN1CN(C)C(=O)C(c2ccccc2)C1=O. The summed E-state index contributed by atoms with van der Waals surface area (Å²) >= 11 is 0. The van der Waals surface area contributed by atoms with E-state index in [4.69, 9.17) is 0 Å². The predicted molar refractivity (Wildman–Crippen MR) is 59.6 cm³/mol. The maximum atomic E-state index is 12.0. The van der Waals surface area contributed by atoms with Crippen LogP contribution in [0.25, 0.3) is 0 Å². The van der Waals surface area contributed by atoms with E-state index in [1.54, 1.807) is 23.9 Å². The molecule has 0 spiro atoms. The van der Waals surface area contributed by atoms with Gasteiger partial charge in [-0.15, -0.1) is 0 Å². The number of likely N-dealkylation sites (N-methyl/N-ethyl adjacent to an activating group) is 2. The summed E-state index contributed by atoms with van der Waals surface area (Å²) in [7, 11) is 3.42. The molecule has 1 aromatic rings. The first-order valence-electron chi connectivity index (χ1n) is 5.16. The number of amides is 2. The Hall–Kier alpha value is -1.84. The number of benzene rings is 1. The predicted octanol–water partition coefficient (Wildman–Crippen LogP) is 0.658. The number of hydrogen-bond acceptors (Lipinski definition) is 2. The van der Waals surface area contributed by atoms with Crippen LogP contribution in [-0.2, 0) is 9.59 Å². The van der Waals surface area contributed by atoms with E-state index in [-0.39, 0.29) is 11.8 Å². The van der Waals surface area contributed by atoms with Crippen LogP contribution in [0.5, 0.6) is 0 Å². The van der Waals surface area contributed by atoms with Crippen molar-refractivity contribution in [2.75, 3.05) is 20.8 Å². The fraction of sp³-hybridized carbons (Fsp3) is 0.333. The lowest BCUT2D eigenvalue weighted by Gasteiger charge is -2.35. The molecule has 0 atom stereocenters. The molecule has 2 amide bonds. The van der Waals surface area contributed by atoms with E-state index < -0.39 is 5.92 Å². The van der Waals surface area contributed by atoms with Crippen LogP contribution in [0.15, 0.2) is 30.3 Å². The Morgan fingerprint density at radius 2 is 1.50 bits per heavy atom. The second kappa shape index (κ2) is 3.96. The van der Waals surface area contributed by atoms with Gasteiger partial charge in [-0.1, -0.05) is 30.3 Å². The van der Waals surface area contributed by atoms with E-state index in [0.717, 1.165) is 5.56 Å². The second-order valence-corrected chi connectivity index (χ2v) is 4.06. The van der Waals surface area contributed by atoms with Gasteiger partial charge in [0.15, 0.2) is 0 Å². The molecule has 1 heterocycles. The highest BCUT2D eigenvalue weighted by atomic mass is 16.2. The third-order valence-electron chi connectivity index (χ3n) is 2.80. The Morgan fingerprint density at radius 1 is 1.00 bits per heavy atom. The van der Waals surface area contributed by atoms with Crippen molar-refractivity contribution >= 4 is 11.8 Å². The first-order valence-corrected chi connectivity index (χ1v) is 5.16. The van der Waals surface area contributed by atoms with Crippen LogP contribution in [0, 0.1) is 0 Å². The minimum absolute atomic E-state index is 0.130. The molecule has 1 aromatic carbocycles. The van der Waals surface area contributed by atoms with Crippen molar-refractivity contribution in [1.29, 1.82) is 0 Å². The molecule has 4 nitrogen and oxygen atoms in total. The number of carbonyl (C=O) groups is 2. The molecule has 0 radical (unpaired) electrons. The Labute approximate surface area is 94.5 Å². The molecule has 4 heteroatoms. The monoisotopic (exact) mass is 218 g/mol. The van der Waals surface area contributed by atoms with Gasteiger partial charge in [-0.05, 0) is 5.56 Å². The number of hydrogen-bond donors (Lipinski definition) is 0. The highest BCUT2D eigenvalue weighted by Crippen LogP contribution is 2.23. The zero-order valence-corrected chi connectivity index (χ0v) is 9.38. The molecule has 1 aliphatic rings. The third-order valence-corrected chi connectivity index (χ3v) is 2.80. The Balaban J connectivity index is 2.38. The summed E-state index contributed by atoms with van der Waals surface area (Å²) in [6.07, 6.45) is 0. The smallest absolute Gasteiger partial charge is 0.240 e. The molecule has 16 heavy (non-hydrogen) atoms. The summed E-state index contributed by atoms with van der Waals surface area (Å²) in [5, 5.41) is 0. The van der Waals surface area contributed by atoms with E-state index in [1.165, 1.54) is 0 Å². The quantitative estimate of drug-likeness (QED) is 0.650. The van der Waals surface area contributed by atoms with Gasteiger partial charge in [0.25, 0.3) is 0 Å². The Morgan fingerprint density at radius 3 is 2.00 bits per heavy atom. The summed E-state index contributed by atoms with van der Waals surface area (Å²) in [6.45, 7) is 0.362. The molecule has 0 saturated carbocycles. The number of carbonyl (C=O) groups excluding carboxylic acids is 2. The van der Waals surface area contributed by atoms with Crippen molar-refractivity contribution in [1.82, 2.24) is 9.80 Å². The first kappa shape index (κ1) is 10.7. The molecule has 2 rings (SSSR count). The minimum atomic E-state index is -0.676. The van der Waals surface area contributed by atoms with Crippen LogP contribution in [0.3, 0.4) is 0 Å². The molecule has 1 saturated heterocycles. The van der Waals surface area contributed by atoms with Crippen LogP contribution in [0.2, 0.25) is 0 Å². The van der Waals surface area contributed by atoms with Gasteiger partial charge in [0.2, 0.25) is 11.8 Å². The van der Waals surface area contributed by atoms with Crippen molar-refractivity contribution in [3.05, 3.63) is 35.9 Å². The van der Waals surface area contributed by atoms with Crippen LogP contribution in [0.1, 0.15) is 11.5 Å². The first-order chi connectivity index (χ1) is 7.61.